The maximum absolute atomic E-state index is 12.9. The second-order valence-electron chi connectivity index (χ2n) is 7.15. The molecule has 0 unspecified atom stereocenters. The minimum absolute atomic E-state index is 0.0175. The molecular formula is C23H19Cl2N3O7S. The highest BCUT2D eigenvalue weighted by Crippen LogP contribution is 2.35. The summed E-state index contributed by atoms with van der Waals surface area (Å²) in [5.41, 5.74) is 0.289. The molecule has 0 aliphatic carbocycles. The number of nitrogens with zero attached hydrogens (tertiary/aromatic N) is 1. The fourth-order valence-corrected chi connectivity index (χ4v) is 4.62. The minimum atomic E-state index is -0.724. The zero-order valence-electron chi connectivity index (χ0n) is 18.9. The molecule has 2 amide bonds. The van der Waals surface area contributed by atoms with Gasteiger partial charge in [0.05, 0.1) is 27.0 Å². The molecule has 0 aliphatic rings. The molecule has 0 fully saturated rings. The topological polar surface area (TPSA) is 137 Å². The van der Waals surface area contributed by atoms with Gasteiger partial charge in [0.15, 0.2) is 6.61 Å². The molecule has 0 saturated carbocycles. The van der Waals surface area contributed by atoms with E-state index in [1.807, 2.05) is 0 Å². The van der Waals surface area contributed by atoms with E-state index < -0.39 is 29.3 Å². The summed E-state index contributed by atoms with van der Waals surface area (Å²) in [7, 11) is 0. The van der Waals surface area contributed by atoms with Crippen molar-refractivity contribution >= 4 is 68.7 Å². The van der Waals surface area contributed by atoms with Crippen molar-refractivity contribution in [2.24, 2.45) is 0 Å². The second-order valence-corrected chi connectivity index (χ2v) is 9.02. The lowest BCUT2D eigenvalue weighted by Crippen LogP contribution is -2.21. The van der Waals surface area contributed by atoms with Gasteiger partial charge in [-0.2, -0.15) is 0 Å². The smallest absolute Gasteiger partial charge is 0.341 e. The molecule has 13 heteroatoms. The summed E-state index contributed by atoms with van der Waals surface area (Å²) in [5, 5.41) is 16.9. The molecule has 0 saturated heterocycles. The lowest BCUT2D eigenvalue weighted by molar-refractivity contribution is -0.384. The molecule has 0 bridgehead atoms. The zero-order valence-corrected chi connectivity index (χ0v) is 21.3. The van der Waals surface area contributed by atoms with Gasteiger partial charge in [0.25, 0.3) is 17.5 Å². The van der Waals surface area contributed by atoms with Crippen LogP contribution < -0.4 is 15.4 Å². The van der Waals surface area contributed by atoms with Crippen molar-refractivity contribution in [1.82, 2.24) is 0 Å². The fraction of sp³-hybridized carbons (Fsp3) is 0.174. The van der Waals surface area contributed by atoms with Gasteiger partial charge in [0.1, 0.15) is 10.8 Å². The molecule has 0 aliphatic heterocycles. The number of non-ortho nitro benzene ring substituents is 1. The van der Waals surface area contributed by atoms with Gasteiger partial charge in [0.2, 0.25) is 0 Å². The highest BCUT2D eigenvalue weighted by Gasteiger charge is 2.27. The molecule has 0 atom stereocenters. The molecule has 0 spiro atoms. The summed E-state index contributed by atoms with van der Waals surface area (Å²) >= 11 is 12.8. The molecule has 3 rings (SSSR count). The van der Waals surface area contributed by atoms with Crippen LogP contribution in [0.5, 0.6) is 5.75 Å². The Labute approximate surface area is 219 Å². The summed E-state index contributed by atoms with van der Waals surface area (Å²) in [5.74, 6) is -1.72. The fourth-order valence-electron chi connectivity index (χ4n) is 3.05. The number of ether oxygens (including phenoxy) is 2. The van der Waals surface area contributed by atoms with Crippen molar-refractivity contribution in [1.29, 1.82) is 0 Å². The lowest BCUT2D eigenvalue weighted by Gasteiger charge is -2.09. The highest BCUT2D eigenvalue weighted by atomic mass is 35.5. The van der Waals surface area contributed by atoms with Crippen LogP contribution in [-0.2, 0) is 9.53 Å². The van der Waals surface area contributed by atoms with Gasteiger partial charge in [-0.05, 0) is 43.7 Å². The lowest BCUT2D eigenvalue weighted by atomic mass is 10.1. The predicted octanol–water partition coefficient (Wildman–Crippen LogP) is 5.72. The van der Waals surface area contributed by atoms with E-state index in [0.717, 1.165) is 11.3 Å². The van der Waals surface area contributed by atoms with Crippen molar-refractivity contribution in [2.75, 3.05) is 23.8 Å². The Morgan fingerprint density at radius 1 is 1.11 bits per heavy atom. The third-order valence-corrected chi connectivity index (χ3v) is 6.39. The van der Waals surface area contributed by atoms with Crippen LogP contribution in [0.1, 0.15) is 32.5 Å². The first-order valence-electron chi connectivity index (χ1n) is 10.3. The number of rotatable bonds is 9. The van der Waals surface area contributed by atoms with E-state index in [0.29, 0.717) is 5.02 Å². The van der Waals surface area contributed by atoms with Gasteiger partial charge in [0, 0.05) is 22.8 Å². The number of anilines is 2. The molecule has 0 radical (unpaired) electrons. The number of esters is 1. The van der Waals surface area contributed by atoms with Crippen LogP contribution in [0, 0.1) is 17.0 Å². The first-order valence-corrected chi connectivity index (χ1v) is 11.9. The van der Waals surface area contributed by atoms with E-state index in [-0.39, 0.29) is 49.8 Å². The van der Waals surface area contributed by atoms with E-state index in [1.165, 1.54) is 43.3 Å². The molecule has 1 aromatic heterocycles. The first-order chi connectivity index (χ1) is 17.1. The van der Waals surface area contributed by atoms with Crippen LogP contribution in [-0.4, -0.2) is 35.9 Å². The van der Waals surface area contributed by atoms with Crippen molar-refractivity contribution in [3.05, 3.63) is 78.6 Å². The normalized spacial score (nSPS) is 10.4. The molecule has 10 nitrogen and oxygen atoms in total. The third-order valence-electron chi connectivity index (χ3n) is 4.65. The molecule has 2 aromatic carbocycles. The number of amides is 2. The van der Waals surface area contributed by atoms with Crippen LogP contribution in [0.15, 0.2) is 42.5 Å². The number of nitro groups is 1. The Hall–Kier alpha value is -3.67. The molecule has 1 heterocycles. The summed E-state index contributed by atoms with van der Waals surface area (Å²) in [6, 6.07) is 9.93. The van der Waals surface area contributed by atoms with E-state index in [9.17, 15) is 24.5 Å². The van der Waals surface area contributed by atoms with Gasteiger partial charge in [-0.1, -0.05) is 29.3 Å². The first kappa shape index (κ1) is 26.9. The average Bonchev–Trinajstić information content (AvgIpc) is 3.14. The quantitative estimate of drug-likeness (QED) is 0.197. The highest BCUT2D eigenvalue weighted by molar-refractivity contribution is 7.19. The number of thiophene rings is 1. The molecule has 36 heavy (non-hydrogen) atoms. The van der Waals surface area contributed by atoms with Gasteiger partial charge < -0.3 is 20.1 Å². The Balaban J connectivity index is 1.82. The SMILES string of the molecule is CCOC(=O)c1c(NC(=O)COc2ccc(Cl)cc2Cl)sc(C(=O)Nc2cccc([N+](=O)[O-])c2)c1C. The van der Waals surface area contributed by atoms with Crippen LogP contribution in [0.25, 0.3) is 0 Å². The van der Waals surface area contributed by atoms with Crippen LogP contribution in [0.2, 0.25) is 10.0 Å². The number of halogens is 2. The third kappa shape index (κ3) is 6.51. The molecule has 3 aromatic rings. The number of hydrogen-bond donors (Lipinski definition) is 2. The zero-order chi connectivity index (χ0) is 26.4. The van der Waals surface area contributed by atoms with E-state index in [2.05, 4.69) is 10.6 Å². The Morgan fingerprint density at radius 2 is 1.86 bits per heavy atom. The van der Waals surface area contributed by atoms with E-state index >= 15 is 0 Å². The predicted molar refractivity (Wildman–Crippen MR) is 137 cm³/mol. The van der Waals surface area contributed by atoms with Crippen molar-refractivity contribution in [3.8, 4) is 5.75 Å². The van der Waals surface area contributed by atoms with E-state index in [4.69, 9.17) is 32.7 Å². The van der Waals surface area contributed by atoms with Crippen molar-refractivity contribution in [2.45, 2.75) is 13.8 Å². The standard InChI is InChI=1S/C23H19Cl2N3O7S/c1-3-34-23(31)19-12(2)20(21(30)26-14-5-4-6-15(10-14)28(32)33)36-22(19)27-18(29)11-35-17-8-7-13(24)9-16(17)25/h4-10H,3,11H2,1-2H3,(H,26,30)(H,27,29). The van der Waals surface area contributed by atoms with Gasteiger partial charge >= 0.3 is 5.97 Å². The van der Waals surface area contributed by atoms with Crippen LogP contribution in [0.4, 0.5) is 16.4 Å². The second kappa shape index (κ2) is 11.8. The summed E-state index contributed by atoms with van der Waals surface area (Å²) in [4.78, 5) is 48.6. The minimum Gasteiger partial charge on any atom is -0.482 e. The van der Waals surface area contributed by atoms with Crippen LogP contribution in [0.3, 0.4) is 0 Å². The number of carbonyl (C=O) groups excluding carboxylic acids is 3. The summed E-state index contributed by atoms with van der Waals surface area (Å²) in [6.45, 7) is 2.80. The van der Waals surface area contributed by atoms with Crippen molar-refractivity contribution in [3.63, 3.8) is 0 Å². The summed E-state index contributed by atoms with van der Waals surface area (Å²) in [6.07, 6.45) is 0. The average molecular weight is 552 g/mol. The van der Waals surface area contributed by atoms with Gasteiger partial charge in [-0.25, -0.2) is 4.79 Å². The Kier molecular flexibility index (Phi) is 8.86. The number of hydrogen-bond acceptors (Lipinski definition) is 8. The number of carbonyl (C=O) groups is 3. The number of nitro benzene ring substituents is 1. The van der Waals surface area contributed by atoms with Crippen molar-refractivity contribution < 1.29 is 28.8 Å². The van der Waals surface area contributed by atoms with Gasteiger partial charge in [-0.15, -0.1) is 11.3 Å². The van der Waals surface area contributed by atoms with E-state index in [1.54, 1.807) is 13.0 Å². The van der Waals surface area contributed by atoms with Gasteiger partial charge in [-0.3, -0.25) is 19.7 Å². The monoisotopic (exact) mass is 551 g/mol. The number of nitrogens with one attached hydrogen (secondary N) is 2. The largest absolute Gasteiger partial charge is 0.482 e. The van der Waals surface area contributed by atoms with Crippen LogP contribution >= 0.6 is 34.5 Å². The Morgan fingerprint density at radius 3 is 2.53 bits per heavy atom. The summed E-state index contributed by atoms with van der Waals surface area (Å²) < 4.78 is 10.5. The maximum atomic E-state index is 12.9. The number of benzene rings is 2. The molecular weight excluding hydrogens is 533 g/mol. The molecule has 188 valence electrons. The maximum Gasteiger partial charge on any atom is 0.341 e. The Bertz CT molecular complexity index is 1340. The molecule has 2 N–H and O–H groups in total.